The summed E-state index contributed by atoms with van der Waals surface area (Å²) in [6, 6.07) is 13.9. The highest BCUT2D eigenvalue weighted by Crippen LogP contribution is 2.40. The zero-order valence-corrected chi connectivity index (χ0v) is 22.2. The van der Waals surface area contributed by atoms with Gasteiger partial charge in [-0.2, -0.15) is 4.98 Å². The third-order valence-electron chi connectivity index (χ3n) is 6.50. The van der Waals surface area contributed by atoms with Gasteiger partial charge in [0.2, 0.25) is 5.78 Å². The van der Waals surface area contributed by atoms with E-state index in [1.54, 1.807) is 31.8 Å². The van der Waals surface area contributed by atoms with E-state index in [2.05, 4.69) is 21.4 Å². The van der Waals surface area contributed by atoms with Gasteiger partial charge in [-0.1, -0.05) is 18.2 Å². The van der Waals surface area contributed by atoms with Crippen molar-refractivity contribution in [3.8, 4) is 33.9 Å². The van der Waals surface area contributed by atoms with Crippen LogP contribution < -0.4 is 18.9 Å². The van der Waals surface area contributed by atoms with Gasteiger partial charge >= 0.3 is 0 Å². The Morgan fingerprint density at radius 2 is 2.03 bits per heavy atom. The van der Waals surface area contributed by atoms with E-state index in [0.717, 1.165) is 34.0 Å². The first-order valence-electron chi connectivity index (χ1n) is 12.0. The average Bonchev–Trinajstić information content (AvgIpc) is 3.74. The van der Waals surface area contributed by atoms with Crippen LogP contribution in [0, 0.1) is 0 Å². The zero-order chi connectivity index (χ0) is 25.6. The Morgan fingerprint density at radius 1 is 1.11 bits per heavy atom. The molecule has 0 saturated heterocycles. The van der Waals surface area contributed by atoms with Crippen molar-refractivity contribution in [1.82, 2.24) is 18.7 Å². The molecule has 1 atom stereocenters. The van der Waals surface area contributed by atoms with Crippen LogP contribution in [-0.4, -0.2) is 39.6 Å². The van der Waals surface area contributed by atoms with E-state index in [1.807, 2.05) is 40.2 Å². The fourth-order valence-electron chi connectivity index (χ4n) is 4.67. The molecule has 0 radical (unpaired) electrons. The van der Waals surface area contributed by atoms with Crippen molar-refractivity contribution in [3.63, 3.8) is 0 Å². The topological polar surface area (TPSA) is 93.1 Å². The van der Waals surface area contributed by atoms with Gasteiger partial charge < -0.3 is 23.4 Å². The number of nitrogens with zero attached hydrogens (tertiary/aromatic N) is 4. The van der Waals surface area contributed by atoms with Crippen molar-refractivity contribution in [2.24, 2.45) is 0 Å². The van der Waals surface area contributed by atoms with E-state index >= 15 is 0 Å². The molecule has 0 saturated carbocycles. The fourth-order valence-corrected chi connectivity index (χ4v) is 6.38. The first-order chi connectivity index (χ1) is 18.7. The van der Waals surface area contributed by atoms with E-state index < -0.39 is 0 Å². The van der Waals surface area contributed by atoms with Crippen LogP contribution in [0.4, 0.5) is 0 Å². The molecule has 38 heavy (non-hydrogen) atoms. The fraction of sp³-hybridized carbons (Fsp3) is 0.222. The maximum absolute atomic E-state index is 6.28. The normalized spacial score (nSPS) is 14.9. The third kappa shape index (κ3) is 3.95. The second kappa shape index (κ2) is 9.34. The Morgan fingerprint density at radius 3 is 2.92 bits per heavy atom. The van der Waals surface area contributed by atoms with Gasteiger partial charge in [-0.25, -0.2) is 13.8 Å². The van der Waals surface area contributed by atoms with Crippen molar-refractivity contribution in [2.75, 3.05) is 20.8 Å². The maximum Gasteiger partial charge on any atom is 0.293 e. The molecule has 0 N–H and O–H groups in total. The predicted molar refractivity (Wildman–Crippen MR) is 144 cm³/mol. The lowest BCUT2D eigenvalue weighted by Gasteiger charge is -2.24. The minimum absolute atomic E-state index is 0.233. The average molecular weight is 547 g/mol. The molecule has 2 aromatic carbocycles. The summed E-state index contributed by atoms with van der Waals surface area (Å²) in [5.74, 6) is 3.68. The maximum atomic E-state index is 6.28. The Hall–Kier alpha value is -4.09. The minimum Gasteiger partial charge on any atom is -0.496 e. The standard InChI is InChI=1S/C27H22N4O5S2/c1-32-16-9-22(19-11-24(36-23(19)10-16)20-12-28-26-30-27(33-2)38-31(20)26)35-13-15-14-37-25(29-15)18-7-8-34-21-6-4-3-5-17(18)21/h3-6,9-12,14,18H,7-8,13H2,1-2H3. The highest BCUT2D eigenvalue weighted by Gasteiger charge is 2.25. The van der Waals surface area contributed by atoms with Gasteiger partial charge in [-0.15, -0.1) is 11.3 Å². The number of hydrogen-bond acceptors (Lipinski definition) is 10. The molecule has 0 amide bonds. The van der Waals surface area contributed by atoms with Crippen LogP contribution in [0.5, 0.6) is 22.4 Å². The molecular formula is C27H22N4O5S2. The lowest BCUT2D eigenvalue weighted by atomic mass is 9.94. The molecular weight excluding hydrogens is 524 g/mol. The van der Waals surface area contributed by atoms with Gasteiger partial charge in [0, 0.05) is 40.5 Å². The molecule has 6 aromatic rings. The van der Waals surface area contributed by atoms with Crippen LogP contribution in [0.25, 0.3) is 28.2 Å². The molecule has 1 aliphatic rings. The summed E-state index contributed by atoms with van der Waals surface area (Å²) >= 11 is 3.01. The zero-order valence-electron chi connectivity index (χ0n) is 20.5. The molecule has 9 nitrogen and oxygen atoms in total. The van der Waals surface area contributed by atoms with Crippen LogP contribution in [-0.2, 0) is 6.61 Å². The predicted octanol–water partition coefficient (Wildman–Crippen LogP) is 6.17. The van der Waals surface area contributed by atoms with E-state index in [-0.39, 0.29) is 5.92 Å². The van der Waals surface area contributed by atoms with E-state index in [4.69, 9.17) is 28.3 Å². The van der Waals surface area contributed by atoms with Gasteiger partial charge in [0.25, 0.3) is 5.19 Å². The summed E-state index contributed by atoms with van der Waals surface area (Å²) < 4.78 is 31.0. The molecule has 0 spiro atoms. The minimum atomic E-state index is 0.233. The molecule has 1 unspecified atom stereocenters. The molecule has 7 rings (SSSR count). The largest absolute Gasteiger partial charge is 0.496 e. The monoisotopic (exact) mass is 546 g/mol. The molecule has 11 heteroatoms. The first-order valence-corrected chi connectivity index (χ1v) is 13.6. The van der Waals surface area contributed by atoms with Crippen LogP contribution in [0.3, 0.4) is 0 Å². The molecule has 0 aliphatic carbocycles. The number of fused-ring (bicyclic) bond motifs is 3. The molecule has 0 bridgehead atoms. The number of aromatic nitrogens is 4. The van der Waals surface area contributed by atoms with Crippen LogP contribution in [0.2, 0.25) is 0 Å². The SMILES string of the molecule is COc1cc(OCc2csc(C3CCOc4ccccc43)n2)c2cc(-c3cnc4nc(OC)sn34)oc2c1. The lowest BCUT2D eigenvalue weighted by molar-refractivity contribution is 0.276. The van der Waals surface area contributed by atoms with Gasteiger partial charge in [0.1, 0.15) is 40.1 Å². The summed E-state index contributed by atoms with van der Waals surface area (Å²) in [5.41, 5.74) is 3.50. The number of benzene rings is 2. The van der Waals surface area contributed by atoms with Crippen molar-refractivity contribution < 1.29 is 23.4 Å². The van der Waals surface area contributed by atoms with Crippen molar-refractivity contribution in [1.29, 1.82) is 0 Å². The number of para-hydroxylation sites is 1. The number of hydrogen-bond donors (Lipinski definition) is 0. The Kier molecular flexibility index (Phi) is 5.67. The van der Waals surface area contributed by atoms with Gasteiger partial charge in [-0.3, -0.25) is 0 Å². The van der Waals surface area contributed by atoms with Crippen LogP contribution in [0.1, 0.15) is 28.6 Å². The highest BCUT2D eigenvalue weighted by molar-refractivity contribution is 7.09. The highest BCUT2D eigenvalue weighted by atomic mass is 32.1. The number of furan rings is 1. The molecule has 192 valence electrons. The first kappa shape index (κ1) is 23.1. The van der Waals surface area contributed by atoms with Gasteiger partial charge in [-0.05, 0) is 18.6 Å². The number of imidazole rings is 1. The number of methoxy groups -OCH3 is 2. The van der Waals surface area contributed by atoms with Gasteiger partial charge in [0.05, 0.1) is 38.1 Å². The van der Waals surface area contributed by atoms with E-state index in [1.165, 1.54) is 17.1 Å². The second-order valence-corrected chi connectivity index (χ2v) is 10.5. The van der Waals surface area contributed by atoms with E-state index in [9.17, 15) is 0 Å². The second-order valence-electron chi connectivity index (χ2n) is 8.75. The quantitative estimate of drug-likeness (QED) is 0.235. The number of rotatable bonds is 7. The van der Waals surface area contributed by atoms with Crippen molar-refractivity contribution in [2.45, 2.75) is 18.9 Å². The number of thiazole rings is 1. The van der Waals surface area contributed by atoms with Crippen LogP contribution >= 0.6 is 22.9 Å². The van der Waals surface area contributed by atoms with Crippen molar-refractivity contribution in [3.05, 3.63) is 70.3 Å². The summed E-state index contributed by atoms with van der Waals surface area (Å²) in [5, 5.41) is 4.50. The molecule has 4 aromatic heterocycles. The van der Waals surface area contributed by atoms with Crippen molar-refractivity contribution >= 4 is 39.6 Å². The molecule has 0 fully saturated rings. The summed E-state index contributed by atoms with van der Waals surface area (Å²) in [6.07, 6.45) is 2.64. The Labute approximate surface area is 225 Å². The smallest absolute Gasteiger partial charge is 0.293 e. The van der Waals surface area contributed by atoms with Gasteiger partial charge in [0.15, 0.2) is 5.76 Å². The van der Waals surface area contributed by atoms with E-state index in [0.29, 0.717) is 47.0 Å². The summed E-state index contributed by atoms with van der Waals surface area (Å²) in [4.78, 5) is 13.6. The molecule has 5 heterocycles. The molecule has 1 aliphatic heterocycles. The number of ether oxygens (including phenoxy) is 4. The Balaban J connectivity index is 1.17. The summed E-state index contributed by atoms with van der Waals surface area (Å²) in [6.45, 7) is 1.02. The Bertz CT molecular complexity index is 1770. The third-order valence-corrected chi connectivity index (χ3v) is 8.46. The lowest BCUT2D eigenvalue weighted by Crippen LogP contribution is -2.15. The summed E-state index contributed by atoms with van der Waals surface area (Å²) in [7, 11) is 3.21. The van der Waals surface area contributed by atoms with Crippen LogP contribution in [0.15, 0.2) is 58.5 Å².